The smallest absolute Gasteiger partial charge is 0.327 e. The number of nitrogens with two attached hydrogens (primary N) is 1. The summed E-state index contributed by atoms with van der Waals surface area (Å²) >= 11 is 0. The van der Waals surface area contributed by atoms with Crippen LogP contribution in [-0.4, -0.2) is 39.0 Å². The first-order valence-corrected chi connectivity index (χ1v) is 8.48. The van der Waals surface area contributed by atoms with E-state index in [-0.39, 0.29) is 12.2 Å². The van der Waals surface area contributed by atoms with E-state index >= 15 is 0 Å². The lowest BCUT2D eigenvalue weighted by Crippen LogP contribution is -2.51. The molecule has 0 radical (unpaired) electrons. The van der Waals surface area contributed by atoms with Crippen molar-refractivity contribution in [3.63, 3.8) is 0 Å². The minimum atomic E-state index is -0.181. The van der Waals surface area contributed by atoms with Crippen LogP contribution in [0.2, 0.25) is 0 Å². The summed E-state index contributed by atoms with van der Waals surface area (Å²) in [7, 11) is 1.65. The number of ether oxygens (including phenoxy) is 1. The molecule has 2 aliphatic heterocycles. The van der Waals surface area contributed by atoms with Crippen LogP contribution in [0.4, 0.5) is 10.5 Å². The zero-order valence-corrected chi connectivity index (χ0v) is 14.4. The van der Waals surface area contributed by atoms with Crippen LogP contribution < -0.4 is 26.6 Å². The Labute approximate surface area is 147 Å². The van der Waals surface area contributed by atoms with Gasteiger partial charge >= 0.3 is 6.03 Å². The summed E-state index contributed by atoms with van der Waals surface area (Å²) in [6, 6.07) is 7.82. The molecule has 7 heteroatoms. The first-order valence-electron chi connectivity index (χ1n) is 8.48. The van der Waals surface area contributed by atoms with E-state index in [1.165, 1.54) is 5.56 Å². The largest absolute Gasteiger partial charge is 0.378 e. The number of fused-ring (bicyclic) bond motifs is 1. The van der Waals surface area contributed by atoms with Crippen molar-refractivity contribution in [2.24, 2.45) is 5.73 Å². The predicted octanol–water partition coefficient (Wildman–Crippen LogP) is 0.998. The SMILES string of the molecule is COCC1=CC2=CN(c3ccc(CNCCCN)cc3)C(=O)NC2N1. The third-order valence-corrected chi connectivity index (χ3v) is 4.17. The average Bonchev–Trinajstić information content (AvgIpc) is 3.00. The van der Waals surface area contributed by atoms with Crippen LogP contribution in [0.3, 0.4) is 0 Å². The van der Waals surface area contributed by atoms with Gasteiger partial charge in [0.1, 0.15) is 6.17 Å². The van der Waals surface area contributed by atoms with E-state index in [0.29, 0.717) is 13.2 Å². The van der Waals surface area contributed by atoms with Gasteiger partial charge in [0.25, 0.3) is 0 Å². The molecule has 0 bridgehead atoms. The Morgan fingerprint density at radius 1 is 1.28 bits per heavy atom. The number of carbonyl (C=O) groups is 1. The molecule has 1 aromatic carbocycles. The highest BCUT2D eigenvalue weighted by atomic mass is 16.5. The molecular formula is C18H25N5O2. The number of methoxy groups -OCH3 is 1. The number of benzene rings is 1. The fourth-order valence-corrected chi connectivity index (χ4v) is 2.89. The lowest BCUT2D eigenvalue weighted by atomic mass is 10.1. The Morgan fingerprint density at radius 2 is 2.08 bits per heavy atom. The fourth-order valence-electron chi connectivity index (χ4n) is 2.89. The molecule has 3 rings (SSSR count). The molecule has 0 saturated heterocycles. The second kappa shape index (κ2) is 8.15. The minimum Gasteiger partial charge on any atom is -0.378 e. The van der Waals surface area contributed by atoms with Crippen LogP contribution in [0.5, 0.6) is 0 Å². The number of rotatable bonds is 8. The van der Waals surface area contributed by atoms with Gasteiger partial charge in [-0.3, -0.25) is 4.90 Å². The van der Waals surface area contributed by atoms with Crippen LogP contribution in [0, 0.1) is 0 Å². The Kier molecular flexibility index (Phi) is 5.70. The molecule has 25 heavy (non-hydrogen) atoms. The standard InChI is InChI=1S/C18H25N5O2/c1-25-12-15-9-14-11-23(18(24)22-17(14)21-15)16-5-3-13(4-6-16)10-20-8-2-7-19/h3-6,9,11,17,20-21H,2,7-8,10,12,19H2,1H3,(H,22,24). The molecule has 0 saturated carbocycles. The van der Waals surface area contributed by atoms with Gasteiger partial charge in [0, 0.05) is 31.1 Å². The van der Waals surface area contributed by atoms with E-state index in [1.807, 2.05) is 36.5 Å². The molecule has 0 spiro atoms. The molecule has 2 amide bonds. The maximum atomic E-state index is 12.4. The van der Waals surface area contributed by atoms with E-state index in [4.69, 9.17) is 10.5 Å². The summed E-state index contributed by atoms with van der Waals surface area (Å²) < 4.78 is 5.13. The first-order chi connectivity index (χ1) is 12.2. The molecule has 7 nitrogen and oxygen atoms in total. The van der Waals surface area contributed by atoms with Crippen molar-refractivity contribution >= 4 is 11.7 Å². The topological polar surface area (TPSA) is 91.7 Å². The number of urea groups is 1. The second-order valence-electron chi connectivity index (χ2n) is 6.11. The molecule has 0 aromatic heterocycles. The van der Waals surface area contributed by atoms with Crippen molar-refractivity contribution in [1.82, 2.24) is 16.0 Å². The highest BCUT2D eigenvalue weighted by Crippen LogP contribution is 2.24. The summed E-state index contributed by atoms with van der Waals surface area (Å²) in [4.78, 5) is 14.0. The minimum absolute atomic E-state index is 0.151. The third-order valence-electron chi connectivity index (χ3n) is 4.17. The van der Waals surface area contributed by atoms with Crippen molar-refractivity contribution in [3.8, 4) is 0 Å². The van der Waals surface area contributed by atoms with Crippen molar-refractivity contribution in [1.29, 1.82) is 0 Å². The molecule has 5 N–H and O–H groups in total. The zero-order chi connectivity index (χ0) is 17.6. The molecule has 2 heterocycles. The van der Waals surface area contributed by atoms with E-state index in [1.54, 1.807) is 12.0 Å². The predicted molar refractivity (Wildman–Crippen MR) is 97.8 cm³/mol. The van der Waals surface area contributed by atoms with Crippen LogP contribution in [-0.2, 0) is 11.3 Å². The van der Waals surface area contributed by atoms with Gasteiger partial charge in [-0.1, -0.05) is 12.1 Å². The molecule has 0 aliphatic carbocycles. The Morgan fingerprint density at radius 3 is 2.80 bits per heavy atom. The third kappa shape index (κ3) is 4.19. The summed E-state index contributed by atoms with van der Waals surface area (Å²) in [5, 5.41) is 9.53. The van der Waals surface area contributed by atoms with Gasteiger partial charge in [-0.2, -0.15) is 0 Å². The summed E-state index contributed by atoms with van der Waals surface area (Å²) in [6.07, 6.45) is 4.66. The van der Waals surface area contributed by atoms with Crippen molar-refractivity contribution in [2.45, 2.75) is 19.1 Å². The molecule has 1 atom stereocenters. The van der Waals surface area contributed by atoms with Gasteiger partial charge in [-0.25, -0.2) is 4.79 Å². The Bertz CT molecular complexity index is 669. The molecule has 0 fully saturated rings. The number of amides is 2. The van der Waals surface area contributed by atoms with Crippen LogP contribution in [0.25, 0.3) is 0 Å². The highest BCUT2D eigenvalue weighted by Gasteiger charge is 2.30. The van der Waals surface area contributed by atoms with Crippen LogP contribution in [0.15, 0.2) is 47.8 Å². The van der Waals surface area contributed by atoms with Gasteiger partial charge < -0.3 is 26.4 Å². The number of nitrogens with one attached hydrogen (secondary N) is 3. The number of hydrogen-bond donors (Lipinski definition) is 4. The second-order valence-corrected chi connectivity index (χ2v) is 6.11. The molecule has 1 unspecified atom stereocenters. The summed E-state index contributed by atoms with van der Waals surface area (Å²) in [6.45, 7) is 2.89. The number of hydrogen-bond acceptors (Lipinski definition) is 5. The van der Waals surface area contributed by atoms with E-state index in [9.17, 15) is 4.79 Å². The molecule has 1 aromatic rings. The highest BCUT2D eigenvalue weighted by molar-refractivity contribution is 5.96. The molecular weight excluding hydrogens is 318 g/mol. The maximum Gasteiger partial charge on any atom is 0.327 e. The van der Waals surface area contributed by atoms with Gasteiger partial charge in [0.05, 0.1) is 12.3 Å². The molecule has 134 valence electrons. The van der Waals surface area contributed by atoms with Crippen molar-refractivity contribution < 1.29 is 9.53 Å². The Balaban J connectivity index is 1.67. The number of nitrogens with zero attached hydrogens (tertiary/aromatic N) is 1. The summed E-state index contributed by atoms with van der Waals surface area (Å²) in [5.41, 5.74) is 9.46. The average molecular weight is 343 g/mol. The van der Waals surface area contributed by atoms with E-state index < -0.39 is 0 Å². The monoisotopic (exact) mass is 343 g/mol. The van der Waals surface area contributed by atoms with E-state index in [2.05, 4.69) is 16.0 Å². The molecule has 2 aliphatic rings. The number of anilines is 1. The lowest BCUT2D eigenvalue weighted by molar-refractivity contribution is 0.218. The van der Waals surface area contributed by atoms with E-state index in [0.717, 1.165) is 36.5 Å². The van der Waals surface area contributed by atoms with Crippen molar-refractivity contribution in [3.05, 3.63) is 53.4 Å². The number of carbonyl (C=O) groups excluding carboxylic acids is 1. The maximum absolute atomic E-state index is 12.4. The van der Waals surface area contributed by atoms with Crippen molar-refractivity contribution in [2.75, 3.05) is 31.7 Å². The Hall–Kier alpha value is -2.35. The lowest BCUT2D eigenvalue weighted by Gasteiger charge is -2.29. The van der Waals surface area contributed by atoms with Gasteiger partial charge in [0.15, 0.2) is 0 Å². The van der Waals surface area contributed by atoms with Crippen LogP contribution in [0.1, 0.15) is 12.0 Å². The van der Waals surface area contributed by atoms with Gasteiger partial charge in [-0.15, -0.1) is 0 Å². The summed E-state index contributed by atoms with van der Waals surface area (Å²) in [5.74, 6) is 0. The van der Waals surface area contributed by atoms with Gasteiger partial charge in [0.2, 0.25) is 0 Å². The van der Waals surface area contributed by atoms with Gasteiger partial charge in [-0.05, 0) is 43.3 Å². The zero-order valence-electron chi connectivity index (χ0n) is 14.4. The quantitative estimate of drug-likeness (QED) is 0.529. The fraction of sp³-hybridized carbons (Fsp3) is 0.389. The normalized spacial score (nSPS) is 19.0. The first kappa shape index (κ1) is 17.5. The van der Waals surface area contributed by atoms with Crippen LogP contribution >= 0.6 is 0 Å².